The lowest BCUT2D eigenvalue weighted by Crippen LogP contribution is -2.03. The van der Waals surface area contributed by atoms with E-state index in [2.05, 4.69) is 0 Å². The predicted octanol–water partition coefficient (Wildman–Crippen LogP) is 4.55. The molecular weight excluding hydrogens is 267 g/mol. The highest BCUT2D eigenvalue weighted by Gasteiger charge is 2.13. The fraction of sp³-hybridized carbons (Fsp3) is 0.0556. The summed E-state index contributed by atoms with van der Waals surface area (Å²) < 4.78 is 19.5. The van der Waals surface area contributed by atoms with Gasteiger partial charge in [-0.05, 0) is 35.9 Å². The van der Waals surface area contributed by atoms with Crippen LogP contribution in [0.3, 0.4) is 0 Å². The van der Waals surface area contributed by atoms with Crippen molar-refractivity contribution < 1.29 is 8.81 Å². The first-order valence-corrected chi connectivity index (χ1v) is 6.69. The molecule has 102 valence electrons. The van der Waals surface area contributed by atoms with Crippen molar-refractivity contribution in [2.45, 2.75) is 6.92 Å². The number of hydrogen-bond donors (Lipinski definition) is 0. The van der Waals surface area contributed by atoms with Gasteiger partial charge in [-0.25, -0.2) is 4.39 Å². The van der Waals surface area contributed by atoms with Crippen molar-refractivity contribution in [3.63, 3.8) is 0 Å². The van der Waals surface area contributed by atoms with E-state index in [1.807, 2.05) is 31.2 Å². The summed E-state index contributed by atoms with van der Waals surface area (Å²) in [6.07, 6.45) is 0. The van der Waals surface area contributed by atoms with Crippen LogP contribution in [-0.2, 0) is 0 Å². The van der Waals surface area contributed by atoms with Gasteiger partial charge < -0.3 is 4.42 Å². The van der Waals surface area contributed by atoms with Crippen molar-refractivity contribution in [2.24, 2.45) is 0 Å². The Kier molecular flexibility index (Phi) is 2.39. The first-order valence-electron chi connectivity index (χ1n) is 6.69. The van der Waals surface area contributed by atoms with Gasteiger partial charge >= 0.3 is 0 Å². The molecule has 0 saturated heterocycles. The second-order valence-corrected chi connectivity index (χ2v) is 5.21. The SMILES string of the molecule is Cc1ccc2ccc3oc4c(F)cccc4c(=O)c3c2c1. The average molecular weight is 278 g/mol. The molecule has 2 nitrogen and oxygen atoms in total. The van der Waals surface area contributed by atoms with Gasteiger partial charge in [0.05, 0.1) is 10.8 Å². The van der Waals surface area contributed by atoms with E-state index in [1.165, 1.54) is 12.1 Å². The van der Waals surface area contributed by atoms with Gasteiger partial charge in [0.25, 0.3) is 0 Å². The van der Waals surface area contributed by atoms with Crippen molar-refractivity contribution in [3.05, 3.63) is 70.1 Å². The Hall–Kier alpha value is -2.68. The van der Waals surface area contributed by atoms with Crippen molar-refractivity contribution in [2.75, 3.05) is 0 Å². The van der Waals surface area contributed by atoms with Crippen LogP contribution >= 0.6 is 0 Å². The van der Waals surface area contributed by atoms with Crippen molar-refractivity contribution in [1.29, 1.82) is 0 Å². The van der Waals surface area contributed by atoms with Crippen LogP contribution in [0.4, 0.5) is 4.39 Å². The molecule has 0 aliphatic carbocycles. The molecule has 4 aromatic rings. The number of benzene rings is 3. The van der Waals surface area contributed by atoms with Crippen LogP contribution in [0, 0.1) is 12.7 Å². The van der Waals surface area contributed by atoms with E-state index in [1.54, 1.807) is 12.1 Å². The van der Waals surface area contributed by atoms with Crippen molar-refractivity contribution >= 4 is 32.7 Å². The molecule has 1 aromatic heterocycles. The number of rotatable bonds is 0. The van der Waals surface area contributed by atoms with Crippen LogP contribution in [0.15, 0.2) is 57.7 Å². The summed E-state index contributed by atoms with van der Waals surface area (Å²) in [7, 11) is 0. The molecule has 0 radical (unpaired) electrons. The number of halogens is 1. The van der Waals surface area contributed by atoms with Crippen LogP contribution in [-0.4, -0.2) is 0 Å². The average Bonchev–Trinajstić information content (AvgIpc) is 2.48. The second-order valence-electron chi connectivity index (χ2n) is 5.21. The van der Waals surface area contributed by atoms with Gasteiger partial charge in [-0.1, -0.05) is 35.9 Å². The van der Waals surface area contributed by atoms with Gasteiger partial charge in [0.2, 0.25) is 5.43 Å². The zero-order valence-corrected chi connectivity index (χ0v) is 11.3. The van der Waals surface area contributed by atoms with E-state index in [-0.39, 0.29) is 16.4 Å². The predicted molar refractivity (Wildman–Crippen MR) is 82.2 cm³/mol. The molecule has 0 atom stereocenters. The minimum Gasteiger partial charge on any atom is -0.453 e. The van der Waals surface area contributed by atoms with E-state index in [0.29, 0.717) is 11.0 Å². The molecule has 1 heterocycles. The van der Waals surface area contributed by atoms with Gasteiger partial charge in [-0.15, -0.1) is 0 Å². The van der Waals surface area contributed by atoms with Gasteiger partial charge in [0, 0.05) is 0 Å². The molecule has 0 amide bonds. The third-order valence-corrected chi connectivity index (χ3v) is 3.79. The Morgan fingerprint density at radius 2 is 1.81 bits per heavy atom. The van der Waals surface area contributed by atoms with E-state index in [9.17, 15) is 9.18 Å². The van der Waals surface area contributed by atoms with E-state index >= 15 is 0 Å². The fourth-order valence-electron chi connectivity index (χ4n) is 2.77. The first-order chi connectivity index (χ1) is 10.1. The zero-order valence-electron chi connectivity index (χ0n) is 11.3. The number of hydrogen-bond acceptors (Lipinski definition) is 2. The van der Waals surface area contributed by atoms with Crippen LogP contribution in [0.2, 0.25) is 0 Å². The van der Waals surface area contributed by atoms with Gasteiger partial charge in [0.1, 0.15) is 5.58 Å². The monoisotopic (exact) mass is 278 g/mol. The minimum atomic E-state index is -0.518. The highest BCUT2D eigenvalue weighted by molar-refractivity contribution is 6.08. The van der Waals surface area contributed by atoms with Gasteiger partial charge in [-0.3, -0.25) is 4.79 Å². The summed E-state index contributed by atoms with van der Waals surface area (Å²) in [6.45, 7) is 1.97. The van der Waals surface area contributed by atoms with E-state index in [0.717, 1.165) is 16.3 Å². The summed E-state index contributed by atoms with van der Waals surface area (Å²) >= 11 is 0. The molecule has 0 aliphatic heterocycles. The van der Waals surface area contributed by atoms with E-state index in [4.69, 9.17) is 4.42 Å². The van der Waals surface area contributed by atoms with Gasteiger partial charge in [-0.2, -0.15) is 0 Å². The zero-order chi connectivity index (χ0) is 14.6. The Balaban J connectivity index is 2.34. The quantitative estimate of drug-likeness (QED) is 0.349. The third-order valence-electron chi connectivity index (χ3n) is 3.79. The lowest BCUT2D eigenvalue weighted by atomic mass is 10.0. The fourth-order valence-corrected chi connectivity index (χ4v) is 2.77. The molecule has 0 spiro atoms. The normalized spacial score (nSPS) is 11.5. The Morgan fingerprint density at radius 3 is 2.67 bits per heavy atom. The van der Waals surface area contributed by atoms with Crippen LogP contribution in [0.1, 0.15) is 5.56 Å². The molecule has 0 N–H and O–H groups in total. The number of fused-ring (bicyclic) bond motifs is 4. The Morgan fingerprint density at radius 1 is 1.00 bits per heavy atom. The third kappa shape index (κ3) is 1.67. The highest BCUT2D eigenvalue weighted by Crippen LogP contribution is 2.27. The minimum absolute atomic E-state index is 0.0157. The lowest BCUT2D eigenvalue weighted by molar-refractivity contribution is 0.579. The summed E-state index contributed by atoms with van der Waals surface area (Å²) in [5.74, 6) is -0.518. The molecule has 0 bridgehead atoms. The smallest absolute Gasteiger partial charge is 0.201 e. The largest absolute Gasteiger partial charge is 0.453 e. The summed E-state index contributed by atoms with van der Waals surface area (Å²) in [5, 5.41) is 2.59. The maximum absolute atomic E-state index is 13.8. The maximum Gasteiger partial charge on any atom is 0.201 e. The molecule has 3 heteroatoms. The Labute approximate surface area is 119 Å². The number of para-hydroxylation sites is 1. The summed E-state index contributed by atoms with van der Waals surface area (Å²) in [5.41, 5.74) is 1.30. The number of aryl methyl sites for hydroxylation is 1. The molecule has 4 rings (SSSR count). The topological polar surface area (TPSA) is 30.2 Å². The lowest BCUT2D eigenvalue weighted by Gasteiger charge is -2.06. The van der Waals surface area contributed by atoms with Crippen LogP contribution in [0.25, 0.3) is 32.7 Å². The highest BCUT2D eigenvalue weighted by atomic mass is 19.1. The summed E-state index contributed by atoms with van der Waals surface area (Å²) in [6, 6.07) is 13.9. The summed E-state index contributed by atoms with van der Waals surface area (Å²) in [4.78, 5) is 12.7. The molecule has 3 aromatic carbocycles. The first kappa shape index (κ1) is 12.1. The molecular formula is C18H11FO2. The molecule has 0 unspecified atom stereocenters. The molecule has 0 aliphatic rings. The van der Waals surface area contributed by atoms with Crippen molar-refractivity contribution in [3.8, 4) is 0 Å². The van der Waals surface area contributed by atoms with Crippen LogP contribution in [0.5, 0.6) is 0 Å². The van der Waals surface area contributed by atoms with Crippen molar-refractivity contribution in [1.82, 2.24) is 0 Å². The van der Waals surface area contributed by atoms with Crippen LogP contribution < -0.4 is 5.43 Å². The molecule has 21 heavy (non-hydrogen) atoms. The second kappa shape index (κ2) is 4.16. The molecule has 0 fully saturated rings. The standard InChI is InChI=1S/C18H11FO2/c1-10-5-6-11-7-8-15-16(13(11)9-10)17(20)12-3-2-4-14(19)18(12)21-15/h2-9H,1H3. The van der Waals surface area contributed by atoms with Gasteiger partial charge in [0.15, 0.2) is 11.4 Å². The Bertz CT molecular complexity index is 1080. The van der Waals surface area contributed by atoms with E-state index < -0.39 is 5.82 Å². The molecule has 0 saturated carbocycles. The maximum atomic E-state index is 13.8.